The highest BCUT2D eigenvalue weighted by atomic mass is 79.9. The maximum absolute atomic E-state index is 5.96. The summed E-state index contributed by atoms with van der Waals surface area (Å²) >= 11 is 5.34. The minimum Gasteiger partial charge on any atom is -0.329 e. The third-order valence-electron chi connectivity index (χ3n) is 3.59. The highest BCUT2D eigenvalue weighted by Crippen LogP contribution is 2.33. The minimum absolute atomic E-state index is 0.424. The van der Waals surface area contributed by atoms with Crippen LogP contribution in [0.25, 0.3) is 0 Å². The van der Waals surface area contributed by atoms with Crippen molar-refractivity contribution in [1.29, 1.82) is 0 Å². The first-order chi connectivity index (χ1) is 8.24. The van der Waals surface area contributed by atoms with Gasteiger partial charge in [-0.1, -0.05) is 13.3 Å². The first-order valence-corrected chi connectivity index (χ1v) is 8.10. The Bertz CT molecular complexity index is 353. The highest BCUT2D eigenvalue weighted by Gasteiger charge is 2.28. The maximum Gasteiger partial charge on any atom is 0.0564 e. The van der Waals surface area contributed by atoms with Gasteiger partial charge in [-0.25, -0.2) is 0 Å². The molecule has 0 radical (unpaired) electrons. The van der Waals surface area contributed by atoms with Crippen LogP contribution in [0.1, 0.15) is 37.1 Å². The first kappa shape index (κ1) is 13.5. The van der Waals surface area contributed by atoms with E-state index in [-0.39, 0.29) is 0 Å². The third kappa shape index (κ3) is 3.31. The molecule has 1 aliphatic heterocycles. The molecule has 2 rings (SSSR count). The second-order valence-corrected chi connectivity index (χ2v) is 6.72. The molecule has 0 saturated carbocycles. The summed E-state index contributed by atoms with van der Waals surface area (Å²) in [5.74, 6) is 0.887. The standard InChI is InChI=1S/C13H21BrN2S/c1-2-3-10-4-5-16(8-10)12(7-15)13-6-11(14)9-17-13/h6,9-10,12H,2-5,7-8,15H2,1H3. The number of halogens is 1. The zero-order valence-corrected chi connectivity index (χ0v) is 12.8. The summed E-state index contributed by atoms with van der Waals surface area (Å²) in [4.78, 5) is 3.97. The molecule has 2 heterocycles. The third-order valence-corrected chi connectivity index (χ3v) is 5.39. The largest absolute Gasteiger partial charge is 0.329 e. The summed E-state index contributed by atoms with van der Waals surface area (Å²) in [7, 11) is 0. The molecule has 2 nitrogen and oxygen atoms in total. The van der Waals surface area contributed by atoms with Crippen LogP contribution in [0.3, 0.4) is 0 Å². The van der Waals surface area contributed by atoms with E-state index in [1.165, 1.54) is 41.7 Å². The second kappa shape index (κ2) is 6.32. The highest BCUT2D eigenvalue weighted by molar-refractivity contribution is 9.10. The Morgan fingerprint density at radius 1 is 1.65 bits per heavy atom. The van der Waals surface area contributed by atoms with Crippen LogP contribution in [-0.4, -0.2) is 24.5 Å². The average Bonchev–Trinajstić information content (AvgIpc) is 2.91. The van der Waals surface area contributed by atoms with E-state index in [4.69, 9.17) is 5.73 Å². The number of hydrogen-bond donors (Lipinski definition) is 1. The van der Waals surface area contributed by atoms with Gasteiger partial charge in [0.2, 0.25) is 0 Å². The van der Waals surface area contributed by atoms with Gasteiger partial charge < -0.3 is 5.73 Å². The van der Waals surface area contributed by atoms with Gasteiger partial charge in [-0.2, -0.15) is 0 Å². The second-order valence-electron chi connectivity index (χ2n) is 4.86. The molecular formula is C13H21BrN2S. The lowest BCUT2D eigenvalue weighted by Crippen LogP contribution is -2.31. The summed E-state index contributed by atoms with van der Waals surface area (Å²) in [6, 6.07) is 2.64. The molecule has 1 aromatic heterocycles. The summed E-state index contributed by atoms with van der Waals surface area (Å²) in [5, 5.41) is 2.15. The van der Waals surface area contributed by atoms with Crippen molar-refractivity contribution in [3.8, 4) is 0 Å². The molecule has 17 heavy (non-hydrogen) atoms. The van der Waals surface area contributed by atoms with Crippen molar-refractivity contribution in [2.24, 2.45) is 11.7 Å². The van der Waals surface area contributed by atoms with Crippen molar-refractivity contribution in [2.45, 2.75) is 32.2 Å². The summed E-state index contributed by atoms with van der Waals surface area (Å²) in [5.41, 5.74) is 5.96. The Labute approximate surface area is 116 Å². The predicted octanol–water partition coefficient (Wildman–Crippen LogP) is 3.63. The van der Waals surface area contributed by atoms with E-state index in [0.717, 1.165) is 12.5 Å². The monoisotopic (exact) mass is 316 g/mol. The molecule has 1 aliphatic rings. The molecule has 1 aromatic rings. The van der Waals surface area contributed by atoms with Crippen LogP contribution in [-0.2, 0) is 0 Å². The first-order valence-electron chi connectivity index (χ1n) is 6.42. The summed E-state index contributed by atoms with van der Waals surface area (Å²) < 4.78 is 1.18. The molecule has 0 aromatic carbocycles. The molecule has 4 heteroatoms. The van der Waals surface area contributed by atoms with Gasteiger partial charge in [0.15, 0.2) is 0 Å². The molecule has 0 bridgehead atoms. The molecule has 0 aliphatic carbocycles. The van der Waals surface area contributed by atoms with E-state index in [1.807, 2.05) is 11.3 Å². The zero-order chi connectivity index (χ0) is 12.3. The van der Waals surface area contributed by atoms with Crippen molar-refractivity contribution >= 4 is 27.3 Å². The quantitative estimate of drug-likeness (QED) is 0.898. The molecule has 0 spiro atoms. The fraction of sp³-hybridized carbons (Fsp3) is 0.692. The fourth-order valence-electron chi connectivity index (χ4n) is 2.74. The summed E-state index contributed by atoms with van der Waals surface area (Å²) in [6.45, 7) is 5.44. The molecule has 0 amide bonds. The van der Waals surface area contributed by atoms with E-state index in [2.05, 4.69) is 39.2 Å². The van der Waals surface area contributed by atoms with Gasteiger partial charge in [0.05, 0.1) is 6.04 Å². The molecule has 1 fully saturated rings. The molecular weight excluding hydrogens is 296 g/mol. The number of hydrogen-bond acceptors (Lipinski definition) is 3. The molecule has 96 valence electrons. The van der Waals surface area contributed by atoms with Gasteiger partial charge in [0, 0.05) is 27.8 Å². The molecule has 2 atom stereocenters. The Kier molecular flexibility index (Phi) is 5.03. The van der Waals surface area contributed by atoms with Gasteiger partial charge in [-0.3, -0.25) is 4.90 Å². The minimum atomic E-state index is 0.424. The van der Waals surface area contributed by atoms with Crippen molar-refractivity contribution in [2.75, 3.05) is 19.6 Å². The van der Waals surface area contributed by atoms with E-state index in [9.17, 15) is 0 Å². The number of rotatable bonds is 5. The van der Waals surface area contributed by atoms with Crippen molar-refractivity contribution in [3.63, 3.8) is 0 Å². The van der Waals surface area contributed by atoms with Gasteiger partial charge in [0.25, 0.3) is 0 Å². The van der Waals surface area contributed by atoms with E-state index < -0.39 is 0 Å². The number of nitrogens with zero attached hydrogens (tertiary/aromatic N) is 1. The zero-order valence-electron chi connectivity index (χ0n) is 10.4. The Hall–Kier alpha value is 0.1000. The van der Waals surface area contributed by atoms with Crippen molar-refractivity contribution < 1.29 is 0 Å². The lowest BCUT2D eigenvalue weighted by molar-refractivity contribution is 0.243. The van der Waals surface area contributed by atoms with Gasteiger partial charge in [-0.05, 0) is 47.3 Å². The van der Waals surface area contributed by atoms with Gasteiger partial charge in [0.1, 0.15) is 0 Å². The van der Waals surface area contributed by atoms with Crippen molar-refractivity contribution in [1.82, 2.24) is 4.90 Å². The fourth-order valence-corrected chi connectivity index (χ4v) is 4.33. The summed E-state index contributed by atoms with van der Waals surface area (Å²) in [6.07, 6.45) is 4.01. The maximum atomic E-state index is 5.96. The Balaban J connectivity index is 2.00. The normalized spacial score (nSPS) is 23.1. The number of thiophene rings is 1. The smallest absolute Gasteiger partial charge is 0.0564 e. The van der Waals surface area contributed by atoms with Crippen LogP contribution in [0.15, 0.2) is 15.9 Å². The van der Waals surface area contributed by atoms with Crippen LogP contribution in [0, 0.1) is 5.92 Å². The van der Waals surface area contributed by atoms with Crippen molar-refractivity contribution in [3.05, 3.63) is 20.8 Å². The average molecular weight is 317 g/mol. The Morgan fingerprint density at radius 3 is 3.06 bits per heavy atom. The number of likely N-dealkylation sites (tertiary alicyclic amines) is 1. The SMILES string of the molecule is CCCC1CCN(C(CN)c2cc(Br)cs2)C1. The van der Waals surface area contributed by atoms with E-state index in [1.54, 1.807) is 0 Å². The predicted molar refractivity (Wildman–Crippen MR) is 78.4 cm³/mol. The Morgan fingerprint density at radius 2 is 2.47 bits per heavy atom. The van der Waals surface area contributed by atoms with Crippen LogP contribution in [0.5, 0.6) is 0 Å². The van der Waals surface area contributed by atoms with Gasteiger partial charge in [-0.15, -0.1) is 11.3 Å². The van der Waals surface area contributed by atoms with E-state index >= 15 is 0 Å². The molecule has 2 unspecified atom stereocenters. The van der Waals surface area contributed by atoms with Crippen LogP contribution >= 0.6 is 27.3 Å². The lowest BCUT2D eigenvalue weighted by Gasteiger charge is -2.25. The van der Waals surface area contributed by atoms with Crippen LogP contribution in [0.4, 0.5) is 0 Å². The van der Waals surface area contributed by atoms with Crippen LogP contribution < -0.4 is 5.73 Å². The van der Waals surface area contributed by atoms with E-state index in [0.29, 0.717) is 6.04 Å². The topological polar surface area (TPSA) is 29.3 Å². The van der Waals surface area contributed by atoms with Gasteiger partial charge >= 0.3 is 0 Å². The van der Waals surface area contributed by atoms with Crippen LogP contribution in [0.2, 0.25) is 0 Å². The molecule has 1 saturated heterocycles. The number of nitrogens with two attached hydrogens (primary N) is 1. The lowest BCUT2D eigenvalue weighted by atomic mass is 10.0. The molecule has 2 N–H and O–H groups in total.